The van der Waals surface area contributed by atoms with Gasteiger partial charge in [0.15, 0.2) is 0 Å². The molecule has 1 aliphatic rings. The Morgan fingerprint density at radius 2 is 2.16 bits per heavy atom. The van der Waals surface area contributed by atoms with Crippen LogP contribution in [0.25, 0.3) is 0 Å². The maximum absolute atomic E-state index is 11.9. The highest BCUT2D eigenvalue weighted by Crippen LogP contribution is 2.41. The molecule has 0 aliphatic heterocycles. The smallest absolute Gasteiger partial charge is 0.336 e. The van der Waals surface area contributed by atoms with Crippen LogP contribution in [0.1, 0.15) is 32.1 Å². The van der Waals surface area contributed by atoms with Crippen LogP contribution in [0, 0.1) is 5.41 Å². The number of amides is 1. The van der Waals surface area contributed by atoms with Crippen molar-refractivity contribution in [3.8, 4) is 6.01 Å². The van der Waals surface area contributed by atoms with Gasteiger partial charge in [-0.2, -0.15) is 4.98 Å². The van der Waals surface area contributed by atoms with E-state index in [9.17, 15) is 14.7 Å². The third-order valence-electron chi connectivity index (χ3n) is 3.42. The lowest BCUT2D eigenvalue weighted by Crippen LogP contribution is -2.32. The Kier molecular flexibility index (Phi) is 3.68. The van der Waals surface area contributed by atoms with Crippen molar-refractivity contribution in [1.29, 1.82) is 0 Å². The van der Waals surface area contributed by atoms with Crippen molar-refractivity contribution in [3.63, 3.8) is 0 Å². The van der Waals surface area contributed by atoms with Crippen LogP contribution in [0.5, 0.6) is 6.01 Å². The fourth-order valence-corrected chi connectivity index (χ4v) is 2.40. The first-order chi connectivity index (χ1) is 9.05. The molecule has 0 spiro atoms. The number of H-pyrrole nitrogens is 1. The molecular weight excluding hydrogens is 252 g/mol. The van der Waals surface area contributed by atoms with E-state index >= 15 is 0 Å². The standard InChI is InChI=1S/C11H16N4O4/c1-19-10-13-9(14-15-10)12-7(16)6-11(8(17)18)4-2-3-5-11/h2-6H2,1H3,(H,17,18)(H2,12,13,14,15,16). The molecule has 0 saturated heterocycles. The number of aromatic nitrogens is 3. The summed E-state index contributed by atoms with van der Waals surface area (Å²) in [7, 11) is 1.41. The molecule has 0 aromatic carbocycles. The maximum atomic E-state index is 11.9. The van der Waals surface area contributed by atoms with E-state index in [0.29, 0.717) is 12.8 Å². The lowest BCUT2D eigenvalue weighted by molar-refractivity contribution is -0.150. The van der Waals surface area contributed by atoms with Gasteiger partial charge in [0.05, 0.1) is 12.5 Å². The van der Waals surface area contributed by atoms with Crippen LogP contribution >= 0.6 is 0 Å². The minimum absolute atomic E-state index is 0.0502. The Bertz CT molecular complexity index is 479. The molecule has 19 heavy (non-hydrogen) atoms. The number of carboxylic acid groups (broad SMARTS) is 1. The van der Waals surface area contributed by atoms with E-state index < -0.39 is 11.4 Å². The number of aromatic amines is 1. The normalized spacial score (nSPS) is 17.1. The number of nitrogens with zero attached hydrogens (tertiary/aromatic N) is 2. The number of carbonyl (C=O) groups excluding carboxylic acids is 1. The molecule has 1 heterocycles. The molecule has 1 amide bonds. The second-order valence-electron chi connectivity index (χ2n) is 4.69. The number of rotatable bonds is 5. The molecule has 0 atom stereocenters. The highest BCUT2D eigenvalue weighted by molar-refractivity contribution is 5.93. The van der Waals surface area contributed by atoms with E-state index in [-0.39, 0.29) is 24.3 Å². The third-order valence-corrected chi connectivity index (χ3v) is 3.42. The van der Waals surface area contributed by atoms with Crippen molar-refractivity contribution in [1.82, 2.24) is 15.2 Å². The SMILES string of the molecule is COc1n[nH]c(NC(=O)CC2(C(=O)O)CCCC2)n1. The largest absolute Gasteiger partial charge is 0.481 e. The van der Waals surface area contributed by atoms with Crippen LogP contribution in [0.3, 0.4) is 0 Å². The molecule has 8 nitrogen and oxygen atoms in total. The third kappa shape index (κ3) is 2.83. The van der Waals surface area contributed by atoms with E-state index in [2.05, 4.69) is 20.5 Å². The lowest BCUT2D eigenvalue weighted by Gasteiger charge is -2.22. The molecule has 2 rings (SSSR count). The summed E-state index contributed by atoms with van der Waals surface area (Å²) in [5.74, 6) is -1.14. The highest BCUT2D eigenvalue weighted by Gasteiger charge is 2.43. The Balaban J connectivity index is 1.98. The first-order valence-electron chi connectivity index (χ1n) is 6.05. The second kappa shape index (κ2) is 5.25. The maximum Gasteiger partial charge on any atom is 0.336 e. The average Bonchev–Trinajstić information content (AvgIpc) is 2.98. The van der Waals surface area contributed by atoms with Gasteiger partial charge in [0, 0.05) is 6.42 Å². The predicted molar refractivity (Wildman–Crippen MR) is 64.7 cm³/mol. The van der Waals surface area contributed by atoms with Gasteiger partial charge in [0.1, 0.15) is 0 Å². The van der Waals surface area contributed by atoms with Gasteiger partial charge in [-0.25, -0.2) is 5.10 Å². The molecule has 0 bridgehead atoms. The van der Waals surface area contributed by atoms with Crippen molar-refractivity contribution >= 4 is 17.8 Å². The first kappa shape index (κ1) is 13.3. The predicted octanol–water partition coefficient (Wildman–Crippen LogP) is 0.787. The zero-order chi connectivity index (χ0) is 13.9. The van der Waals surface area contributed by atoms with Gasteiger partial charge in [0.25, 0.3) is 0 Å². The summed E-state index contributed by atoms with van der Waals surface area (Å²) in [6.07, 6.45) is 2.71. The fraction of sp³-hybridized carbons (Fsp3) is 0.636. The number of hydrogen-bond acceptors (Lipinski definition) is 5. The summed E-state index contributed by atoms with van der Waals surface area (Å²) in [6, 6.07) is 0.115. The van der Waals surface area contributed by atoms with Gasteiger partial charge in [-0.05, 0) is 12.8 Å². The average molecular weight is 268 g/mol. The monoisotopic (exact) mass is 268 g/mol. The Morgan fingerprint density at radius 1 is 1.47 bits per heavy atom. The van der Waals surface area contributed by atoms with Crippen molar-refractivity contribution in [2.75, 3.05) is 12.4 Å². The minimum atomic E-state index is -0.936. The van der Waals surface area contributed by atoms with Crippen molar-refractivity contribution in [3.05, 3.63) is 0 Å². The van der Waals surface area contributed by atoms with Gasteiger partial charge in [0.2, 0.25) is 11.9 Å². The molecule has 104 valence electrons. The number of carboxylic acids is 1. The van der Waals surface area contributed by atoms with Gasteiger partial charge in [-0.15, -0.1) is 5.10 Å². The van der Waals surface area contributed by atoms with Crippen molar-refractivity contribution < 1.29 is 19.4 Å². The van der Waals surface area contributed by atoms with Crippen LogP contribution < -0.4 is 10.1 Å². The Hall–Kier alpha value is -2.12. The number of carbonyl (C=O) groups is 2. The molecular formula is C11H16N4O4. The summed E-state index contributed by atoms with van der Waals surface area (Å²) in [5, 5.41) is 17.9. The molecule has 3 N–H and O–H groups in total. The number of methoxy groups -OCH3 is 1. The van der Waals surface area contributed by atoms with Crippen LogP contribution in [0.15, 0.2) is 0 Å². The number of nitrogens with one attached hydrogen (secondary N) is 2. The quantitative estimate of drug-likeness (QED) is 0.726. The van der Waals surface area contributed by atoms with Gasteiger partial charge < -0.3 is 9.84 Å². The van der Waals surface area contributed by atoms with E-state index in [1.165, 1.54) is 7.11 Å². The first-order valence-corrected chi connectivity index (χ1v) is 6.05. The lowest BCUT2D eigenvalue weighted by atomic mass is 9.82. The van der Waals surface area contributed by atoms with Crippen molar-refractivity contribution in [2.24, 2.45) is 5.41 Å². The van der Waals surface area contributed by atoms with E-state index in [1.54, 1.807) is 0 Å². The van der Waals surface area contributed by atoms with E-state index in [1.807, 2.05) is 0 Å². The fourth-order valence-electron chi connectivity index (χ4n) is 2.40. The molecule has 1 aromatic rings. The Labute approximate surface area is 109 Å². The number of ether oxygens (including phenoxy) is 1. The summed E-state index contributed by atoms with van der Waals surface area (Å²) in [4.78, 5) is 27.0. The van der Waals surface area contributed by atoms with E-state index in [0.717, 1.165) is 12.8 Å². The molecule has 1 aliphatic carbocycles. The van der Waals surface area contributed by atoms with Crippen LogP contribution in [-0.2, 0) is 9.59 Å². The van der Waals surface area contributed by atoms with Gasteiger partial charge >= 0.3 is 12.0 Å². The molecule has 1 saturated carbocycles. The Morgan fingerprint density at radius 3 is 2.68 bits per heavy atom. The molecule has 0 unspecified atom stereocenters. The second-order valence-corrected chi connectivity index (χ2v) is 4.69. The van der Waals surface area contributed by atoms with Crippen LogP contribution in [0.2, 0.25) is 0 Å². The molecule has 1 aromatic heterocycles. The van der Waals surface area contributed by atoms with Crippen LogP contribution in [0.4, 0.5) is 5.95 Å². The van der Waals surface area contributed by atoms with E-state index in [4.69, 9.17) is 4.74 Å². The van der Waals surface area contributed by atoms with Gasteiger partial charge in [-0.3, -0.25) is 14.9 Å². The molecule has 1 fully saturated rings. The molecule has 8 heteroatoms. The topological polar surface area (TPSA) is 117 Å². The molecule has 0 radical (unpaired) electrons. The number of aliphatic carboxylic acids is 1. The summed E-state index contributed by atoms with van der Waals surface area (Å²) in [5.41, 5.74) is -0.936. The van der Waals surface area contributed by atoms with Gasteiger partial charge in [-0.1, -0.05) is 12.8 Å². The summed E-state index contributed by atoms with van der Waals surface area (Å²) < 4.78 is 4.77. The van der Waals surface area contributed by atoms with Crippen molar-refractivity contribution in [2.45, 2.75) is 32.1 Å². The summed E-state index contributed by atoms with van der Waals surface area (Å²) >= 11 is 0. The summed E-state index contributed by atoms with van der Waals surface area (Å²) in [6.45, 7) is 0. The number of hydrogen-bond donors (Lipinski definition) is 3. The zero-order valence-corrected chi connectivity index (χ0v) is 10.6. The number of anilines is 1. The van der Waals surface area contributed by atoms with Crippen LogP contribution in [-0.4, -0.2) is 39.3 Å². The highest BCUT2D eigenvalue weighted by atomic mass is 16.5. The zero-order valence-electron chi connectivity index (χ0n) is 10.6. The minimum Gasteiger partial charge on any atom is -0.481 e.